The fourth-order valence-corrected chi connectivity index (χ4v) is 3.71. The van der Waals surface area contributed by atoms with Crippen molar-refractivity contribution in [2.45, 2.75) is 6.42 Å². The normalized spacial score (nSPS) is 11.4. The summed E-state index contributed by atoms with van der Waals surface area (Å²) in [6.07, 6.45) is 5.96. The van der Waals surface area contributed by atoms with E-state index in [0.29, 0.717) is 23.6 Å². The van der Waals surface area contributed by atoms with E-state index >= 15 is 0 Å². The number of aromatic hydroxyl groups is 2. The zero-order valence-corrected chi connectivity index (χ0v) is 17.6. The van der Waals surface area contributed by atoms with Gasteiger partial charge in [-0.1, -0.05) is 48.5 Å². The van der Waals surface area contributed by atoms with Crippen LogP contribution in [0.15, 0.2) is 89.9 Å². The zero-order chi connectivity index (χ0) is 22.8. The molecule has 0 aromatic heterocycles. The molecule has 6 heteroatoms. The van der Waals surface area contributed by atoms with Crippen molar-refractivity contribution in [2.24, 2.45) is 0 Å². The molecule has 0 radical (unpaired) electrons. The van der Waals surface area contributed by atoms with E-state index in [4.69, 9.17) is 0 Å². The second kappa shape index (κ2) is 8.51. The van der Waals surface area contributed by atoms with Gasteiger partial charge in [0.05, 0.1) is 11.4 Å². The third-order valence-corrected chi connectivity index (χ3v) is 5.43. The summed E-state index contributed by atoms with van der Waals surface area (Å²) in [4.78, 5) is 21.3. The number of nitrogens with zero attached hydrogens (tertiary/aromatic N) is 2. The van der Waals surface area contributed by atoms with Crippen LogP contribution < -0.4 is 5.56 Å². The SMILES string of the molecule is O=c1c(Cc2ccc(O)cc2)nc2c(C=Cc3ccccc3)[nH]c(-c3ccc(O)cc3)cn1-2. The van der Waals surface area contributed by atoms with Crippen LogP contribution >= 0.6 is 0 Å². The number of benzene rings is 3. The summed E-state index contributed by atoms with van der Waals surface area (Å²) in [5.74, 6) is 0.883. The second-order valence-electron chi connectivity index (χ2n) is 7.77. The molecule has 0 saturated heterocycles. The minimum absolute atomic E-state index is 0.173. The first-order valence-corrected chi connectivity index (χ1v) is 10.5. The predicted octanol–water partition coefficient (Wildman–Crippen LogP) is 4.84. The van der Waals surface area contributed by atoms with Crippen molar-refractivity contribution >= 4 is 12.2 Å². The monoisotopic (exact) mass is 435 g/mol. The lowest BCUT2D eigenvalue weighted by Crippen LogP contribution is -2.17. The minimum atomic E-state index is -0.193. The lowest BCUT2D eigenvalue weighted by Gasteiger charge is -2.11. The number of phenols is 2. The van der Waals surface area contributed by atoms with Gasteiger partial charge in [0.2, 0.25) is 0 Å². The highest BCUT2D eigenvalue weighted by molar-refractivity contribution is 5.73. The van der Waals surface area contributed by atoms with Crippen molar-refractivity contribution in [3.63, 3.8) is 0 Å². The molecule has 33 heavy (non-hydrogen) atoms. The molecule has 0 saturated carbocycles. The van der Waals surface area contributed by atoms with E-state index in [-0.39, 0.29) is 17.1 Å². The van der Waals surface area contributed by atoms with E-state index < -0.39 is 0 Å². The average molecular weight is 435 g/mol. The molecule has 0 aliphatic carbocycles. The summed E-state index contributed by atoms with van der Waals surface area (Å²) in [5, 5.41) is 19.2. The van der Waals surface area contributed by atoms with Gasteiger partial charge in [-0.05, 0) is 59.2 Å². The molecule has 0 bridgehead atoms. The number of nitrogens with one attached hydrogen (secondary N) is 1. The molecule has 0 unspecified atom stereocenters. The van der Waals surface area contributed by atoms with Gasteiger partial charge in [0.1, 0.15) is 17.2 Å². The molecule has 0 atom stereocenters. The highest BCUT2D eigenvalue weighted by Gasteiger charge is 2.19. The van der Waals surface area contributed by atoms with Crippen LogP contribution in [0.5, 0.6) is 11.5 Å². The first-order chi connectivity index (χ1) is 16.1. The largest absolute Gasteiger partial charge is 0.508 e. The van der Waals surface area contributed by atoms with Gasteiger partial charge in [0, 0.05) is 12.6 Å². The number of imidazole rings is 1. The Morgan fingerprint density at radius 3 is 2.21 bits per heavy atom. The number of hydrogen-bond acceptors (Lipinski definition) is 4. The van der Waals surface area contributed by atoms with Gasteiger partial charge in [0.15, 0.2) is 5.82 Å². The Morgan fingerprint density at radius 2 is 1.52 bits per heavy atom. The Labute approximate surface area is 190 Å². The highest BCUT2D eigenvalue weighted by atomic mass is 16.3. The van der Waals surface area contributed by atoms with Crippen molar-refractivity contribution in [3.8, 4) is 28.6 Å². The molecule has 2 heterocycles. The number of phenolic OH excluding ortho intramolecular Hbond substituents is 2. The molecule has 3 N–H and O–H groups in total. The van der Waals surface area contributed by atoms with Gasteiger partial charge in [-0.3, -0.25) is 9.36 Å². The molecule has 162 valence electrons. The molecule has 6 nitrogen and oxygen atoms in total. The molecule has 2 aliphatic heterocycles. The van der Waals surface area contributed by atoms with E-state index in [9.17, 15) is 15.0 Å². The van der Waals surface area contributed by atoms with Gasteiger partial charge < -0.3 is 15.2 Å². The van der Waals surface area contributed by atoms with Gasteiger partial charge in [-0.15, -0.1) is 0 Å². The minimum Gasteiger partial charge on any atom is -0.508 e. The molecule has 5 rings (SSSR count). The number of hydrogen-bond donors (Lipinski definition) is 3. The summed E-state index contributed by atoms with van der Waals surface area (Å²) >= 11 is 0. The summed E-state index contributed by atoms with van der Waals surface area (Å²) in [7, 11) is 0. The maximum atomic E-state index is 13.2. The van der Waals surface area contributed by atoms with E-state index in [0.717, 1.165) is 22.4 Å². The Bertz CT molecular complexity index is 1450. The second-order valence-corrected chi connectivity index (χ2v) is 7.77. The van der Waals surface area contributed by atoms with Crippen LogP contribution in [0, 0.1) is 0 Å². The smallest absolute Gasteiger partial charge is 0.278 e. The predicted molar refractivity (Wildman–Crippen MR) is 129 cm³/mol. The topological polar surface area (TPSA) is 91.1 Å². The summed E-state index contributed by atoms with van der Waals surface area (Å²) in [6.45, 7) is 0. The molecule has 0 fully saturated rings. The van der Waals surface area contributed by atoms with Crippen molar-refractivity contribution in [2.75, 3.05) is 0 Å². The van der Waals surface area contributed by atoms with Crippen molar-refractivity contribution < 1.29 is 10.2 Å². The van der Waals surface area contributed by atoms with Gasteiger partial charge >= 0.3 is 0 Å². The number of aromatic nitrogens is 3. The Hall–Kier alpha value is -4.58. The fraction of sp³-hybridized carbons (Fsp3) is 0.0370. The third-order valence-electron chi connectivity index (χ3n) is 5.43. The van der Waals surface area contributed by atoms with Crippen LogP contribution in [-0.2, 0) is 6.42 Å². The molecule has 0 amide bonds. The van der Waals surface area contributed by atoms with Crippen LogP contribution in [0.4, 0.5) is 0 Å². The molecule has 2 aliphatic rings. The van der Waals surface area contributed by atoms with Crippen molar-refractivity contribution in [1.82, 2.24) is 14.5 Å². The van der Waals surface area contributed by atoms with E-state index in [1.165, 1.54) is 0 Å². The van der Waals surface area contributed by atoms with Gasteiger partial charge in [-0.25, -0.2) is 4.98 Å². The Balaban J connectivity index is 1.63. The average Bonchev–Trinajstić information content (AvgIpc) is 3.15. The van der Waals surface area contributed by atoms with Crippen molar-refractivity contribution in [1.29, 1.82) is 0 Å². The first-order valence-electron chi connectivity index (χ1n) is 10.5. The first kappa shape index (κ1) is 20.3. The zero-order valence-electron chi connectivity index (χ0n) is 17.6. The lowest BCUT2D eigenvalue weighted by atomic mass is 10.1. The summed E-state index contributed by atoms with van der Waals surface area (Å²) in [5.41, 5.74) is 4.39. The van der Waals surface area contributed by atoms with Crippen LogP contribution in [-0.4, -0.2) is 24.7 Å². The van der Waals surface area contributed by atoms with Crippen LogP contribution in [0.3, 0.4) is 0 Å². The molecule has 0 spiro atoms. The van der Waals surface area contributed by atoms with Crippen LogP contribution in [0.2, 0.25) is 0 Å². The fourth-order valence-electron chi connectivity index (χ4n) is 3.71. The van der Waals surface area contributed by atoms with E-state index in [2.05, 4.69) is 9.97 Å². The van der Waals surface area contributed by atoms with Gasteiger partial charge in [0.25, 0.3) is 5.56 Å². The highest BCUT2D eigenvalue weighted by Crippen LogP contribution is 2.25. The van der Waals surface area contributed by atoms with Crippen molar-refractivity contribution in [3.05, 3.63) is 118 Å². The summed E-state index contributed by atoms with van der Waals surface area (Å²) in [6, 6.07) is 23.4. The number of fused-ring (bicyclic) bond motifs is 1. The summed E-state index contributed by atoms with van der Waals surface area (Å²) < 4.78 is 1.55. The maximum absolute atomic E-state index is 13.2. The number of H-pyrrole nitrogens is 1. The van der Waals surface area contributed by atoms with E-state index in [1.54, 1.807) is 59.3 Å². The van der Waals surface area contributed by atoms with E-state index in [1.807, 2.05) is 42.5 Å². The number of rotatable bonds is 5. The maximum Gasteiger partial charge on any atom is 0.278 e. The lowest BCUT2D eigenvalue weighted by molar-refractivity contribution is 0.474. The quantitative estimate of drug-likeness (QED) is 0.368. The Kier molecular flexibility index (Phi) is 5.24. The molecular formula is C27H21N3O3. The standard InChI is InChI=1S/C27H21N3O3/c31-21-11-6-19(7-12-21)16-24-27(33)30-17-25(20-9-13-22(32)14-10-20)28-23(26(30)29-24)15-8-18-4-2-1-3-5-18/h1-15,17,28,31-32H,16H2. The molecule has 3 aromatic carbocycles. The Morgan fingerprint density at radius 1 is 0.848 bits per heavy atom. The molecule has 3 aromatic rings. The van der Waals surface area contributed by atoms with Gasteiger partial charge in [-0.2, -0.15) is 0 Å². The number of aromatic amines is 1. The van der Waals surface area contributed by atoms with Crippen LogP contribution in [0.1, 0.15) is 22.5 Å². The molecular weight excluding hydrogens is 414 g/mol. The van der Waals surface area contributed by atoms with Crippen LogP contribution in [0.25, 0.3) is 29.2 Å². The third kappa shape index (κ3) is 4.27.